The van der Waals surface area contributed by atoms with Gasteiger partial charge in [0.25, 0.3) is 0 Å². The summed E-state index contributed by atoms with van der Waals surface area (Å²) in [6.45, 7) is 3.38. The molecule has 0 fully saturated rings. The molecule has 0 aliphatic carbocycles. The van der Waals surface area contributed by atoms with Crippen molar-refractivity contribution in [1.82, 2.24) is 0 Å². The Kier molecular flexibility index (Phi) is 5.65. The van der Waals surface area contributed by atoms with Gasteiger partial charge in [-0.1, -0.05) is 11.6 Å². The summed E-state index contributed by atoms with van der Waals surface area (Å²) < 4.78 is 5.38. The molecule has 0 saturated heterocycles. The number of nitriles is 1. The second kappa shape index (κ2) is 7.03. The zero-order valence-electron chi connectivity index (χ0n) is 10.2. The van der Waals surface area contributed by atoms with Gasteiger partial charge < -0.3 is 9.64 Å². The van der Waals surface area contributed by atoms with Crippen LogP contribution >= 0.6 is 11.6 Å². The summed E-state index contributed by atoms with van der Waals surface area (Å²) in [5.41, 5.74) is 1.04. The van der Waals surface area contributed by atoms with Gasteiger partial charge >= 0.3 is 0 Å². The van der Waals surface area contributed by atoms with Crippen LogP contribution in [0.25, 0.3) is 0 Å². The molecule has 1 aromatic carbocycles. The van der Waals surface area contributed by atoms with Gasteiger partial charge in [0.1, 0.15) is 5.75 Å². The summed E-state index contributed by atoms with van der Waals surface area (Å²) in [6, 6.07) is 7.88. The van der Waals surface area contributed by atoms with Gasteiger partial charge in [0.05, 0.1) is 17.7 Å². The maximum atomic E-state index is 8.48. The summed E-state index contributed by atoms with van der Waals surface area (Å²) >= 11 is 6.11. The molecule has 0 aromatic heterocycles. The molecule has 0 spiro atoms. The van der Waals surface area contributed by atoms with E-state index in [1.165, 1.54) is 0 Å². The van der Waals surface area contributed by atoms with Crippen LogP contribution in [0.2, 0.25) is 5.02 Å². The van der Waals surface area contributed by atoms with E-state index in [0.717, 1.165) is 18.7 Å². The van der Waals surface area contributed by atoms with Gasteiger partial charge in [-0.2, -0.15) is 5.26 Å². The fourth-order valence-corrected chi connectivity index (χ4v) is 1.75. The van der Waals surface area contributed by atoms with Gasteiger partial charge in [0.2, 0.25) is 0 Å². The molecule has 92 valence electrons. The van der Waals surface area contributed by atoms with Crippen molar-refractivity contribution < 1.29 is 4.74 Å². The van der Waals surface area contributed by atoms with E-state index in [4.69, 9.17) is 21.6 Å². The van der Waals surface area contributed by atoms with Crippen molar-refractivity contribution in [2.75, 3.05) is 25.1 Å². The fraction of sp³-hybridized carbons (Fsp3) is 0.462. The molecule has 0 aliphatic heterocycles. The van der Waals surface area contributed by atoms with Crippen LogP contribution in [-0.2, 0) is 0 Å². The molecule has 1 rings (SSSR count). The molecular formula is C13H17ClN2O. The zero-order valence-corrected chi connectivity index (χ0v) is 11.0. The van der Waals surface area contributed by atoms with Crippen LogP contribution in [0, 0.1) is 11.3 Å². The third-order valence-electron chi connectivity index (χ3n) is 2.44. The quantitative estimate of drug-likeness (QED) is 0.728. The third kappa shape index (κ3) is 4.16. The Bertz CT molecular complexity index is 401. The number of ether oxygens (including phenoxy) is 1. The van der Waals surface area contributed by atoms with E-state index < -0.39 is 0 Å². The number of unbranched alkanes of at least 4 members (excludes halogenated alkanes) is 1. The van der Waals surface area contributed by atoms with Crippen molar-refractivity contribution in [3.8, 4) is 11.8 Å². The first-order valence-electron chi connectivity index (χ1n) is 5.69. The molecule has 4 heteroatoms. The van der Waals surface area contributed by atoms with E-state index in [0.29, 0.717) is 23.8 Å². The van der Waals surface area contributed by atoms with Crippen molar-refractivity contribution in [3.63, 3.8) is 0 Å². The number of halogens is 1. The van der Waals surface area contributed by atoms with Crippen LogP contribution < -0.4 is 9.64 Å². The first-order valence-corrected chi connectivity index (χ1v) is 6.07. The Balaban J connectivity index is 2.65. The van der Waals surface area contributed by atoms with Crippen LogP contribution in [0.4, 0.5) is 5.69 Å². The highest BCUT2D eigenvalue weighted by atomic mass is 35.5. The van der Waals surface area contributed by atoms with Gasteiger partial charge in [-0.3, -0.25) is 0 Å². The fourth-order valence-electron chi connectivity index (χ4n) is 1.52. The van der Waals surface area contributed by atoms with E-state index in [9.17, 15) is 0 Å². The molecule has 0 atom stereocenters. The minimum absolute atomic E-state index is 0.578. The molecule has 0 radical (unpaired) electrons. The average Bonchev–Trinajstić information content (AvgIpc) is 2.32. The molecule has 3 nitrogen and oxygen atoms in total. The third-order valence-corrected chi connectivity index (χ3v) is 2.73. The van der Waals surface area contributed by atoms with Crippen LogP contribution in [0.1, 0.15) is 19.8 Å². The lowest BCUT2D eigenvalue weighted by molar-refractivity contribution is 0.340. The predicted octanol–water partition coefficient (Wildman–Crippen LogP) is 3.48. The van der Waals surface area contributed by atoms with Crippen molar-refractivity contribution in [2.45, 2.75) is 19.8 Å². The molecule has 0 amide bonds. The minimum Gasteiger partial charge on any atom is -0.492 e. The van der Waals surface area contributed by atoms with Crippen LogP contribution in [0.3, 0.4) is 0 Å². The largest absolute Gasteiger partial charge is 0.492 e. The summed E-state index contributed by atoms with van der Waals surface area (Å²) in [5, 5.41) is 9.10. The maximum Gasteiger partial charge on any atom is 0.138 e. The first kappa shape index (κ1) is 13.7. The Morgan fingerprint density at radius 3 is 2.82 bits per heavy atom. The van der Waals surface area contributed by atoms with Gasteiger partial charge in [0, 0.05) is 25.7 Å². The Hall–Kier alpha value is -1.40. The molecule has 0 saturated carbocycles. The molecule has 0 unspecified atom stereocenters. The van der Waals surface area contributed by atoms with Crippen molar-refractivity contribution >= 4 is 17.3 Å². The molecular weight excluding hydrogens is 236 g/mol. The van der Waals surface area contributed by atoms with Crippen molar-refractivity contribution in [1.29, 1.82) is 5.26 Å². The van der Waals surface area contributed by atoms with E-state index in [2.05, 4.69) is 11.0 Å². The summed E-state index contributed by atoms with van der Waals surface area (Å²) in [6.07, 6.45) is 1.44. The highest BCUT2D eigenvalue weighted by molar-refractivity contribution is 6.32. The maximum absolute atomic E-state index is 8.48. The van der Waals surface area contributed by atoms with Gasteiger partial charge in [0.15, 0.2) is 0 Å². The van der Waals surface area contributed by atoms with Crippen molar-refractivity contribution in [2.24, 2.45) is 0 Å². The number of hydrogen-bond acceptors (Lipinski definition) is 3. The van der Waals surface area contributed by atoms with Gasteiger partial charge in [-0.25, -0.2) is 0 Å². The second-order valence-corrected chi connectivity index (χ2v) is 4.14. The molecule has 0 N–H and O–H groups in total. The van der Waals surface area contributed by atoms with Gasteiger partial charge in [-0.15, -0.1) is 0 Å². The SMILES string of the molecule is CCOc1ccc(N(C)CCCC#N)cc1Cl. The number of anilines is 1. The van der Waals surface area contributed by atoms with Crippen LogP contribution in [0.15, 0.2) is 18.2 Å². The highest BCUT2D eigenvalue weighted by Gasteiger charge is 2.05. The van der Waals surface area contributed by atoms with E-state index in [1.807, 2.05) is 32.2 Å². The monoisotopic (exact) mass is 252 g/mol. The van der Waals surface area contributed by atoms with Crippen molar-refractivity contribution in [3.05, 3.63) is 23.2 Å². The van der Waals surface area contributed by atoms with E-state index in [1.54, 1.807) is 0 Å². The number of benzene rings is 1. The predicted molar refractivity (Wildman–Crippen MR) is 70.7 cm³/mol. The van der Waals surface area contributed by atoms with Gasteiger partial charge in [-0.05, 0) is 31.5 Å². The first-order chi connectivity index (χ1) is 8.19. The summed E-state index contributed by atoms with van der Waals surface area (Å²) in [4.78, 5) is 2.08. The normalized spacial score (nSPS) is 9.76. The summed E-state index contributed by atoms with van der Waals surface area (Å²) in [7, 11) is 1.99. The number of rotatable bonds is 6. The lowest BCUT2D eigenvalue weighted by Crippen LogP contribution is -2.18. The highest BCUT2D eigenvalue weighted by Crippen LogP contribution is 2.29. The van der Waals surface area contributed by atoms with Crippen LogP contribution in [-0.4, -0.2) is 20.2 Å². The molecule has 0 heterocycles. The lowest BCUT2D eigenvalue weighted by atomic mass is 10.2. The second-order valence-electron chi connectivity index (χ2n) is 3.73. The Morgan fingerprint density at radius 1 is 1.47 bits per heavy atom. The Labute approximate surface area is 108 Å². The average molecular weight is 253 g/mol. The number of nitrogens with zero attached hydrogens (tertiary/aromatic N) is 2. The Morgan fingerprint density at radius 2 is 2.24 bits per heavy atom. The molecule has 17 heavy (non-hydrogen) atoms. The lowest BCUT2D eigenvalue weighted by Gasteiger charge is -2.19. The summed E-state index contributed by atoms with van der Waals surface area (Å²) in [5.74, 6) is 0.711. The topological polar surface area (TPSA) is 36.3 Å². The van der Waals surface area contributed by atoms with E-state index in [-0.39, 0.29) is 0 Å². The standard InChI is InChI=1S/C13H17ClN2O/c1-3-17-13-7-6-11(10-12(13)14)16(2)9-5-4-8-15/h6-7,10H,3-5,9H2,1-2H3. The zero-order chi connectivity index (χ0) is 12.7. The molecule has 0 bridgehead atoms. The molecule has 1 aromatic rings. The number of hydrogen-bond donors (Lipinski definition) is 0. The smallest absolute Gasteiger partial charge is 0.138 e. The van der Waals surface area contributed by atoms with Crippen LogP contribution in [0.5, 0.6) is 5.75 Å². The molecule has 0 aliphatic rings. The van der Waals surface area contributed by atoms with E-state index >= 15 is 0 Å². The minimum atomic E-state index is 0.578.